The van der Waals surface area contributed by atoms with Crippen LogP contribution in [0.25, 0.3) is 0 Å². The molecule has 1 aromatic carbocycles. The van der Waals surface area contributed by atoms with Gasteiger partial charge in [-0.1, -0.05) is 0 Å². The van der Waals surface area contributed by atoms with E-state index in [-0.39, 0.29) is 29.6 Å². The zero-order chi connectivity index (χ0) is 12.1. The zero-order valence-corrected chi connectivity index (χ0v) is 9.53. The Morgan fingerprint density at radius 3 is 2.69 bits per heavy atom. The lowest BCUT2D eigenvalue weighted by atomic mass is 10.1. The molecule has 0 radical (unpaired) electrons. The normalized spacial score (nSPS) is 10.1. The van der Waals surface area contributed by atoms with Crippen molar-refractivity contribution in [2.24, 2.45) is 0 Å². The van der Waals surface area contributed by atoms with Gasteiger partial charge in [0.15, 0.2) is 6.79 Å². The zero-order valence-electron chi connectivity index (χ0n) is 8.64. The number of carboxylic acids is 1. The first-order chi connectivity index (χ1) is 7.60. The van der Waals surface area contributed by atoms with Crippen LogP contribution >= 0.6 is 12.6 Å². The molecule has 0 fully saturated rings. The van der Waals surface area contributed by atoms with E-state index in [9.17, 15) is 9.90 Å². The number of ether oxygens (including phenoxy) is 2. The maximum absolute atomic E-state index is 11.0. The molecule has 2 N–H and O–H groups in total. The Bertz CT molecular complexity index is 391. The maximum atomic E-state index is 11.0. The molecule has 88 valence electrons. The minimum atomic E-state index is -1.13. The Kier molecular flexibility index (Phi) is 4.45. The molecule has 0 spiro atoms. The number of aromatic hydroxyl groups is 1. The van der Waals surface area contributed by atoms with Gasteiger partial charge in [-0.3, -0.25) is 0 Å². The molecule has 5 nitrogen and oxygen atoms in total. The second-order valence-electron chi connectivity index (χ2n) is 2.99. The number of methoxy groups -OCH3 is 1. The topological polar surface area (TPSA) is 76.0 Å². The number of hydrogen-bond donors (Lipinski definition) is 3. The summed E-state index contributed by atoms with van der Waals surface area (Å²) in [5.41, 5.74) is 0.381. The summed E-state index contributed by atoms with van der Waals surface area (Å²) in [5, 5.41) is 18.4. The van der Waals surface area contributed by atoms with E-state index in [1.807, 2.05) is 0 Å². The predicted octanol–water partition coefficient (Wildman–Crippen LogP) is 1.50. The summed E-state index contributed by atoms with van der Waals surface area (Å²) in [4.78, 5) is 11.0. The van der Waals surface area contributed by atoms with Gasteiger partial charge in [-0.15, -0.1) is 0 Å². The summed E-state index contributed by atoms with van der Waals surface area (Å²) in [6.45, 7) is -0.0876. The second kappa shape index (κ2) is 5.62. The van der Waals surface area contributed by atoms with E-state index >= 15 is 0 Å². The Morgan fingerprint density at radius 2 is 2.19 bits per heavy atom. The van der Waals surface area contributed by atoms with Crippen molar-refractivity contribution in [3.8, 4) is 11.5 Å². The molecule has 0 aliphatic heterocycles. The van der Waals surface area contributed by atoms with Gasteiger partial charge in [0.05, 0.1) is 0 Å². The van der Waals surface area contributed by atoms with Crippen molar-refractivity contribution in [3.63, 3.8) is 0 Å². The van der Waals surface area contributed by atoms with Crippen molar-refractivity contribution < 1.29 is 24.5 Å². The lowest BCUT2D eigenvalue weighted by Gasteiger charge is -2.11. The van der Waals surface area contributed by atoms with Gasteiger partial charge >= 0.3 is 5.97 Å². The number of rotatable bonds is 5. The number of carbonyl (C=O) groups is 1. The van der Waals surface area contributed by atoms with E-state index in [0.29, 0.717) is 5.56 Å². The first kappa shape index (κ1) is 12.7. The summed E-state index contributed by atoms with van der Waals surface area (Å²) in [7, 11) is 1.42. The van der Waals surface area contributed by atoms with Crippen molar-refractivity contribution in [1.82, 2.24) is 0 Å². The van der Waals surface area contributed by atoms with Crippen LogP contribution in [0.2, 0.25) is 0 Å². The van der Waals surface area contributed by atoms with E-state index in [0.717, 1.165) is 0 Å². The molecule has 0 saturated heterocycles. The van der Waals surface area contributed by atoms with Crippen LogP contribution < -0.4 is 4.74 Å². The van der Waals surface area contributed by atoms with Crippen molar-refractivity contribution in [2.75, 3.05) is 13.9 Å². The number of benzene rings is 1. The fourth-order valence-corrected chi connectivity index (χ4v) is 1.51. The SMILES string of the molecule is COCOc1cc(O)cc(CS)c1C(=O)O. The Morgan fingerprint density at radius 1 is 1.50 bits per heavy atom. The Balaban J connectivity index is 3.21. The second-order valence-corrected chi connectivity index (χ2v) is 3.31. The van der Waals surface area contributed by atoms with Crippen molar-refractivity contribution in [2.45, 2.75) is 5.75 Å². The molecule has 0 bridgehead atoms. The van der Waals surface area contributed by atoms with Crippen LogP contribution in [0.5, 0.6) is 11.5 Å². The van der Waals surface area contributed by atoms with Gasteiger partial charge in [0.25, 0.3) is 0 Å². The lowest BCUT2D eigenvalue weighted by molar-refractivity contribution is 0.0481. The van der Waals surface area contributed by atoms with Crippen LogP contribution in [-0.2, 0) is 10.5 Å². The van der Waals surface area contributed by atoms with Crippen LogP contribution in [0, 0.1) is 0 Å². The smallest absolute Gasteiger partial charge is 0.339 e. The van der Waals surface area contributed by atoms with E-state index in [1.165, 1.54) is 19.2 Å². The van der Waals surface area contributed by atoms with Crippen molar-refractivity contribution in [1.29, 1.82) is 0 Å². The van der Waals surface area contributed by atoms with Crippen molar-refractivity contribution in [3.05, 3.63) is 23.3 Å². The number of aromatic carboxylic acids is 1. The quantitative estimate of drug-likeness (QED) is 0.540. The number of hydrogen-bond acceptors (Lipinski definition) is 5. The monoisotopic (exact) mass is 244 g/mol. The van der Waals surface area contributed by atoms with Crippen LogP contribution in [0.3, 0.4) is 0 Å². The minimum Gasteiger partial charge on any atom is -0.508 e. The lowest BCUT2D eigenvalue weighted by Crippen LogP contribution is -2.08. The van der Waals surface area contributed by atoms with E-state index in [4.69, 9.17) is 9.84 Å². The molecule has 0 unspecified atom stereocenters. The van der Waals surface area contributed by atoms with Crippen molar-refractivity contribution >= 4 is 18.6 Å². The van der Waals surface area contributed by atoms with Gasteiger partial charge in [-0.25, -0.2) is 4.79 Å². The molecule has 1 aromatic rings. The highest BCUT2D eigenvalue weighted by Crippen LogP contribution is 2.29. The standard InChI is InChI=1S/C10H12O5S/c1-14-5-15-8-3-7(11)2-6(4-16)9(8)10(12)13/h2-3,11,16H,4-5H2,1H3,(H,12,13). The average Bonchev–Trinajstić information content (AvgIpc) is 2.24. The van der Waals surface area contributed by atoms with Gasteiger partial charge < -0.3 is 19.7 Å². The van der Waals surface area contributed by atoms with Crippen LogP contribution in [0.15, 0.2) is 12.1 Å². The largest absolute Gasteiger partial charge is 0.508 e. The molecule has 0 saturated carbocycles. The Hall–Kier alpha value is -1.40. The summed E-state index contributed by atoms with van der Waals surface area (Å²) in [5.74, 6) is -0.937. The number of thiol groups is 1. The molecule has 6 heteroatoms. The van der Waals surface area contributed by atoms with Gasteiger partial charge in [-0.2, -0.15) is 12.6 Å². The molecule has 0 aliphatic rings. The summed E-state index contributed by atoms with van der Waals surface area (Å²) in [6.07, 6.45) is 0. The molecule has 0 atom stereocenters. The predicted molar refractivity (Wildman–Crippen MR) is 60.3 cm³/mol. The first-order valence-electron chi connectivity index (χ1n) is 4.42. The van der Waals surface area contributed by atoms with Gasteiger partial charge in [0.2, 0.25) is 0 Å². The summed E-state index contributed by atoms with van der Waals surface area (Å²) < 4.78 is 9.75. The molecule has 0 amide bonds. The maximum Gasteiger partial charge on any atom is 0.339 e. The third-order valence-electron chi connectivity index (χ3n) is 1.89. The summed E-state index contributed by atoms with van der Waals surface area (Å²) >= 11 is 4.00. The van der Waals surface area contributed by atoms with Gasteiger partial charge in [-0.05, 0) is 11.6 Å². The van der Waals surface area contributed by atoms with Crippen LogP contribution in [-0.4, -0.2) is 30.1 Å². The fourth-order valence-electron chi connectivity index (χ4n) is 1.26. The number of phenolic OH excluding ortho intramolecular Hbond substituents is 1. The summed E-state index contributed by atoms with van der Waals surface area (Å²) in [6, 6.07) is 2.57. The molecule has 0 aliphatic carbocycles. The molecule has 1 rings (SSSR count). The molecule has 0 heterocycles. The highest BCUT2D eigenvalue weighted by Gasteiger charge is 2.17. The average molecular weight is 244 g/mol. The minimum absolute atomic E-state index is 0.00940. The van der Waals surface area contributed by atoms with E-state index < -0.39 is 5.97 Å². The van der Waals surface area contributed by atoms with E-state index in [2.05, 4.69) is 17.4 Å². The number of carboxylic acid groups (broad SMARTS) is 1. The van der Waals surface area contributed by atoms with E-state index in [1.54, 1.807) is 0 Å². The van der Waals surface area contributed by atoms with Crippen LogP contribution in [0.1, 0.15) is 15.9 Å². The molecule has 16 heavy (non-hydrogen) atoms. The molecular formula is C10H12O5S. The highest BCUT2D eigenvalue weighted by atomic mass is 32.1. The Labute approximate surface area is 98.0 Å². The highest BCUT2D eigenvalue weighted by molar-refractivity contribution is 7.79. The van der Waals surface area contributed by atoms with Gasteiger partial charge in [0.1, 0.15) is 17.1 Å². The van der Waals surface area contributed by atoms with Crippen LogP contribution in [0.4, 0.5) is 0 Å². The van der Waals surface area contributed by atoms with Gasteiger partial charge in [0, 0.05) is 18.9 Å². The third-order valence-corrected chi connectivity index (χ3v) is 2.23. The number of phenols is 1. The fraction of sp³-hybridized carbons (Fsp3) is 0.300. The third kappa shape index (κ3) is 2.80. The molecule has 0 aromatic heterocycles. The molecular weight excluding hydrogens is 232 g/mol. The first-order valence-corrected chi connectivity index (χ1v) is 5.05.